The second-order valence-electron chi connectivity index (χ2n) is 9.27. The number of fused-ring (bicyclic) bond motifs is 2. The lowest BCUT2D eigenvalue weighted by molar-refractivity contribution is -0.200. The van der Waals surface area contributed by atoms with Gasteiger partial charge in [-0.3, -0.25) is 9.78 Å². The van der Waals surface area contributed by atoms with Gasteiger partial charge in [-0.2, -0.15) is 0 Å². The van der Waals surface area contributed by atoms with Gasteiger partial charge < -0.3 is 19.3 Å². The highest BCUT2D eigenvalue weighted by Crippen LogP contribution is 2.43. The molecule has 4 atom stereocenters. The van der Waals surface area contributed by atoms with Gasteiger partial charge in [-0.05, 0) is 13.8 Å². The monoisotopic (exact) mass is 488 g/mol. The van der Waals surface area contributed by atoms with E-state index in [1.165, 1.54) is 4.57 Å². The van der Waals surface area contributed by atoms with Crippen LogP contribution in [0.5, 0.6) is 0 Å². The van der Waals surface area contributed by atoms with Gasteiger partial charge in [0.1, 0.15) is 18.3 Å². The molecule has 2 aliphatic rings. The summed E-state index contributed by atoms with van der Waals surface area (Å²) in [6, 6.07) is 18.8. The fraction of sp³-hybridized carbons (Fsp3) is 0.308. The molecule has 0 bridgehead atoms. The highest BCUT2D eigenvalue weighted by molar-refractivity contribution is 5.84. The van der Waals surface area contributed by atoms with Crippen LogP contribution in [0.3, 0.4) is 0 Å². The Hall–Kier alpha value is -3.70. The molecular weight excluding hydrogens is 464 g/mol. The third-order valence-electron chi connectivity index (χ3n) is 6.41. The standard InChI is InChI=1S/C26H24N4O6/c1-26(2)35-20-16(13-31)34-24(21(20)36-26)30-22-19(23(32)29-25(30)33)27-17(14-9-5-3-6-10-14)18(28-22)15-11-7-4-8-12-15/h3-12,16,20-21,24,31H,13H2,1-2H3,(H,29,32,33)/t16-,20-,21-,24-/m1/s1. The molecular formula is C26H24N4O6. The first kappa shape index (κ1) is 22.7. The van der Waals surface area contributed by atoms with Gasteiger partial charge in [0, 0.05) is 11.1 Å². The number of aromatic nitrogens is 4. The molecule has 2 aliphatic heterocycles. The second-order valence-corrected chi connectivity index (χ2v) is 9.27. The summed E-state index contributed by atoms with van der Waals surface area (Å²) in [6.07, 6.45) is -3.03. The highest BCUT2D eigenvalue weighted by atomic mass is 16.8. The van der Waals surface area contributed by atoms with Crippen LogP contribution in [0.4, 0.5) is 0 Å². The largest absolute Gasteiger partial charge is 0.394 e. The Morgan fingerprint density at radius 1 is 0.917 bits per heavy atom. The molecule has 0 aliphatic carbocycles. The molecule has 2 aromatic heterocycles. The number of aliphatic hydroxyl groups excluding tert-OH is 1. The van der Waals surface area contributed by atoms with Crippen molar-refractivity contribution in [1.82, 2.24) is 19.5 Å². The number of rotatable bonds is 4. The van der Waals surface area contributed by atoms with Crippen molar-refractivity contribution in [3.05, 3.63) is 81.5 Å². The first-order chi connectivity index (χ1) is 17.4. The number of nitrogens with one attached hydrogen (secondary N) is 1. The summed E-state index contributed by atoms with van der Waals surface area (Å²) in [6.45, 7) is 3.18. The SMILES string of the molecule is CC1(C)O[C@@H]2[C@H](O1)[C@@H](CO)O[C@H]2n1c(=O)[nH]c(=O)c2nc(-c3ccccc3)c(-c3ccccc3)nc21. The molecule has 0 spiro atoms. The van der Waals surface area contributed by atoms with E-state index in [0.717, 1.165) is 11.1 Å². The number of ether oxygens (including phenoxy) is 3. The van der Waals surface area contributed by atoms with Crippen molar-refractivity contribution >= 4 is 11.2 Å². The summed E-state index contributed by atoms with van der Waals surface area (Å²) in [7, 11) is 0. The third-order valence-corrected chi connectivity index (χ3v) is 6.41. The van der Waals surface area contributed by atoms with E-state index in [1.807, 2.05) is 60.7 Å². The molecule has 0 radical (unpaired) electrons. The van der Waals surface area contributed by atoms with Crippen LogP contribution in [0.25, 0.3) is 33.7 Å². The number of benzene rings is 2. The van der Waals surface area contributed by atoms with Gasteiger partial charge in [0.05, 0.1) is 18.0 Å². The van der Waals surface area contributed by atoms with E-state index in [-0.39, 0.29) is 17.8 Å². The van der Waals surface area contributed by atoms with E-state index < -0.39 is 41.6 Å². The van der Waals surface area contributed by atoms with Crippen LogP contribution >= 0.6 is 0 Å². The summed E-state index contributed by atoms with van der Waals surface area (Å²) in [5.41, 5.74) is 1.21. The third kappa shape index (κ3) is 3.66. The minimum Gasteiger partial charge on any atom is -0.394 e. The number of hydrogen-bond donors (Lipinski definition) is 2. The molecule has 0 unspecified atom stereocenters. The molecule has 2 saturated heterocycles. The van der Waals surface area contributed by atoms with Crippen molar-refractivity contribution in [2.24, 2.45) is 0 Å². The molecule has 0 amide bonds. The molecule has 0 saturated carbocycles. The Kier molecular flexibility index (Phi) is 5.34. The summed E-state index contributed by atoms with van der Waals surface area (Å²) in [4.78, 5) is 38.0. The maximum Gasteiger partial charge on any atom is 0.332 e. The van der Waals surface area contributed by atoms with Crippen LogP contribution in [0.1, 0.15) is 20.1 Å². The second kappa shape index (κ2) is 8.45. The molecule has 2 aromatic carbocycles. The number of nitrogens with zero attached hydrogens (tertiary/aromatic N) is 3. The number of aromatic amines is 1. The van der Waals surface area contributed by atoms with Gasteiger partial charge in [0.2, 0.25) is 0 Å². The zero-order valence-corrected chi connectivity index (χ0v) is 19.6. The Morgan fingerprint density at radius 2 is 1.50 bits per heavy atom. The topological polar surface area (TPSA) is 129 Å². The Labute approximate surface area is 205 Å². The maximum absolute atomic E-state index is 13.2. The lowest BCUT2D eigenvalue weighted by atomic mass is 10.0. The molecule has 4 aromatic rings. The minimum atomic E-state index is -0.999. The van der Waals surface area contributed by atoms with E-state index in [2.05, 4.69) is 4.98 Å². The molecule has 184 valence electrons. The van der Waals surface area contributed by atoms with Crippen LogP contribution in [0.2, 0.25) is 0 Å². The summed E-state index contributed by atoms with van der Waals surface area (Å²) in [5.74, 6) is -0.937. The smallest absolute Gasteiger partial charge is 0.332 e. The Bertz CT molecular complexity index is 1550. The lowest BCUT2D eigenvalue weighted by Gasteiger charge is -2.25. The van der Waals surface area contributed by atoms with Crippen molar-refractivity contribution in [3.63, 3.8) is 0 Å². The zero-order chi connectivity index (χ0) is 25.0. The van der Waals surface area contributed by atoms with Crippen molar-refractivity contribution < 1.29 is 19.3 Å². The van der Waals surface area contributed by atoms with Gasteiger partial charge in [0.15, 0.2) is 23.2 Å². The van der Waals surface area contributed by atoms with Crippen molar-refractivity contribution in [2.45, 2.75) is 44.2 Å². The number of aliphatic hydroxyl groups is 1. The van der Waals surface area contributed by atoms with Gasteiger partial charge in [0.25, 0.3) is 5.56 Å². The molecule has 2 fully saturated rings. The van der Waals surface area contributed by atoms with Crippen LogP contribution in [0, 0.1) is 0 Å². The van der Waals surface area contributed by atoms with Gasteiger partial charge in [-0.25, -0.2) is 19.3 Å². The van der Waals surface area contributed by atoms with Gasteiger partial charge in [-0.1, -0.05) is 60.7 Å². The highest BCUT2D eigenvalue weighted by Gasteiger charge is 2.56. The van der Waals surface area contributed by atoms with Crippen molar-refractivity contribution in [3.8, 4) is 22.5 Å². The fourth-order valence-corrected chi connectivity index (χ4v) is 4.90. The van der Waals surface area contributed by atoms with E-state index >= 15 is 0 Å². The van der Waals surface area contributed by atoms with Gasteiger partial charge in [-0.15, -0.1) is 0 Å². The molecule has 4 heterocycles. The first-order valence-corrected chi connectivity index (χ1v) is 11.7. The summed E-state index contributed by atoms with van der Waals surface area (Å²) < 4.78 is 19.3. The predicted octanol–water partition coefficient (Wildman–Crippen LogP) is 2.22. The Balaban J connectivity index is 1.62. The normalized spacial score (nSPS) is 24.8. The summed E-state index contributed by atoms with van der Waals surface area (Å²) in [5, 5.41) is 9.90. The fourth-order valence-electron chi connectivity index (χ4n) is 4.90. The number of H-pyrrole nitrogens is 1. The predicted molar refractivity (Wildman–Crippen MR) is 130 cm³/mol. The van der Waals surface area contributed by atoms with Crippen LogP contribution in [-0.2, 0) is 14.2 Å². The van der Waals surface area contributed by atoms with Crippen LogP contribution in [0.15, 0.2) is 70.3 Å². The molecule has 10 nitrogen and oxygen atoms in total. The Morgan fingerprint density at radius 3 is 2.11 bits per heavy atom. The van der Waals surface area contributed by atoms with E-state index in [9.17, 15) is 14.7 Å². The zero-order valence-electron chi connectivity index (χ0n) is 19.6. The average Bonchev–Trinajstić information content (AvgIpc) is 3.37. The number of hydrogen-bond acceptors (Lipinski definition) is 8. The first-order valence-electron chi connectivity index (χ1n) is 11.7. The van der Waals surface area contributed by atoms with E-state index in [4.69, 9.17) is 24.2 Å². The quantitative estimate of drug-likeness (QED) is 0.448. The molecule has 36 heavy (non-hydrogen) atoms. The molecule has 10 heteroatoms. The molecule has 6 rings (SSSR count). The lowest BCUT2D eigenvalue weighted by Crippen LogP contribution is -2.39. The van der Waals surface area contributed by atoms with Crippen LogP contribution < -0.4 is 11.2 Å². The minimum absolute atomic E-state index is 0.0149. The van der Waals surface area contributed by atoms with Gasteiger partial charge >= 0.3 is 5.69 Å². The summed E-state index contributed by atoms with van der Waals surface area (Å²) >= 11 is 0. The maximum atomic E-state index is 13.2. The van der Waals surface area contributed by atoms with E-state index in [1.54, 1.807) is 13.8 Å². The van der Waals surface area contributed by atoms with Crippen LogP contribution in [-0.4, -0.2) is 55.3 Å². The van der Waals surface area contributed by atoms with Crippen molar-refractivity contribution in [2.75, 3.05) is 6.61 Å². The van der Waals surface area contributed by atoms with Crippen molar-refractivity contribution in [1.29, 1.82) is 0 Å². The van der Waals surface area contributed by atoms with E-state index in [0.29, 0.717) is 11.4 Å². The average molecular weight is 489 g/mol. The molecule has 2 N–H and O–H groups in total.